The summed E-state index contributed by atoms with van der Waals surface area (Å²) in [6.45, 7) is 5.94. The maximum absolute atomic E-state index is 13.3. The summed E-state index contributed by atoms with van der Waals surface area (Å²) in [5.41, 5.74) is 1.11. The van der Waals surface area contributed by atoms with Gasteiger partial charge in [-0.15, -0.1) is 4.68 Å². The molecule has 1 fully saturated rings. The fraction of sp³-hybridized carbons (Fsp3) is 0.409. The van der Waals surface area contributed by atoms with E-state index in [-0.39, 0.29) is 11.7 Å². The van der Waals surface area contributed by atoms with Crippen LogP contribution in [0.25, 0.3) is 0 Å². The van der Waals surface area contributed by atoms with Gasteiger partial charge in [0, 0.05) is 25.3 Å². The van der Waals surface area contributed by atoms with E-state index in [9.17, 15) is 19.1 Å². The molecule has 0 saturated heterocycles. The molecule has 7 nitrogen and oxygen atoms in total. The molecule has 1 aromatic carbocycles. The SMILES string of the molecule is CC(=O)N1CC(C)(C)c2c1cc(Cc1ccc(F)cc1)c(NC(=O)C1(O)CC1)[n+]2N. The zero-order valence-electron chi connectivity index (χ0n) is 17.3. The quantitative estimate of drug-likeness (QED) is 0.523. The number of hydrogen-bond donors (Lipinski definition) is 3. The topological polar surface area (TPSA) is 99.5 Å². The number of pyridine rings is 1. The minimum atomic E-state index is -1.36. The third kappa shape index (κ3) is 3.41. The molecule has 1 aromatic heterocycles. The second-order valence-corrected chi connectivity index (χ2v) is 8.90. The summed E-state index contributed by atoms with van der Waals surface area (Å²) in [5, 5.41) is 13.0. The summed E-state index contributed by atoms with van der Waals surface area (Å²) < 4.78 is 14.7. The highest BCUT2D eigenvalue weighted by molar-refractivity contribution is 5.99. The lowest BCUT2D eigenvalue weighted by molar-refractivity contribution is -0.634. The van der Waals surface area contributed by atoms with E-state index in [0.29, 0.717) is 42.9 Å². The van der Waals surface area contributed by atoms with Gasteiger partial charge in [-0.3, -0.25) is 10.6 Å². The zero-order chi connectivity index (χ0) is 21.8. The molecule has 0 bridgehead atoms. The molecule has 0 spiro atoms. The molecular formula is C22H26FN4O3+. The number of carbonyl (C=O) groups is 2. The number of nitrogens with two attached hydrogens (primary N) is 1. The Balaban J connectivity index is 1.84. The third-order valence-electron chi connectivity index (χ3n) is 5.89. The van der Waals surface area contributed by atoms with Crippen molar-refractivity contribution in [1.29, 1.82) is 0 Å². The van der Waals surface area contributed by atoms with Gasteiger partial charge in [-0.1, -0.05) is 26.0 Å². The van der Waals surface area contributed by atoms with E-state index in [1.165, 1.54) is 23.7 Å². The van der Waals surface area contributed by atoms with Gasteiger partial charge in [-0.2, -0.15) is 0 Å². The molecule has 8 heteroatoms. The molecule has 2 aliphatic rings. The highest BCUT2D eigenvalue weighted by Crippen LogP contribution is 2.41. The Bertz CT molecular complexity index is 1050. The number of benzene rings is 1. The van der Waals surface area contributed by atoms with Crippen LogP contribution in [0.5, 0.6) is 0 Å². The normalized spacial score (nSPS) is 18.1. The van der Waals surface area contributed by atoms with Crippen LogP contribution in [0.4, 0.5) is 15.9 Å². The Morgan fingerprint density at radius 2 is 1.90 bits per heavy atom. The van der Waals surface area contributed by atoms with Crippen LogP contribution in [0.1, 0.15) is 50.4 Å². The molecule has 30 heavy (non-hydrogen) atoms. The second kappa shape index (κ2) is 6.77. The first-order valence-electron chi connectivity index (χ1n) is 9.96. The number of carbonyl (C=O) groups excluding carboxylic acids is 2. The maximum Gasteiger partial charge on any atom is 0.339 e. The van der Waals surface area contributed by atoms with E-state index < -0.39 is 16.9 Å². The molecule has 2 aromatic rings. The van der Waals surface area contributed by atoms with Crippen molar-refractivity contribution in [3.63, 3.8) is 0 Å². The molecule has 1 saturated carbocycles. The Kier molecular flexibility index (Phi) is 4.58. The summed E-state index contributed by atoms with van der Waals surface area (Å²) in [4.78, 5) is 26.5. The number of anilines is 2. The maximum atomic E-state index is 13.3. The number of rotatable bonds is 4. The summed E-state index contributed by atoms with van der Waals surface area (Å²) in [6.07, 6.45) is 1.18. The van der Waals surface area contributed by atoms with E-state index in [0.717, 1.165) is 11.3 Å². The highest BCUT2D eigenvalue weighted by Gasteiger charge is 2.52. The van der Waals surface area contributed by atoms with Crippen molar-refractivity contribution in [2.75, 3.05) is 22.6 Å². The van der Waals surface area contributed by atoms with Gasteiger partial charge in [0.25, 0.3) is 0 Å². The van der Waals surface area contributed by atoms with Gasteiger partial charge in [0.05, 0.1) is 11.3 Å². The fourth-order valence-corrected chi connectivity index (χ4v) is 4.07. The third-order valence-corrected chi connectivity index (χ3v) is 5.89. The fourth-order valence-electron chi connectivity index (χ4n) is 4.07. The van der Waals surface area contributed by atoms with Crippen LogP contribution in [-0.2, 0) is 21.4 Å². The predicted octanol–water partition coefficient (Wildman–Crippen LogP) is 1.53. The molecule has 1 aliphatic carbocycles. The zero-order valence-corrected chi connectivity index (χ0v) is 17.3. The van der Waals surface area contributed by atoms with Crippen molar-refractivity contribution >= 4 is 23.3 Å². The number of halogens is 1. The van der Waals surface area contributed by atoms with Crippen LogP contribution >= 0.6 is 0 Å². The van der Waals surface area contributed by atoms with E-state index in [1.807, 2.05) is 19.9 Å². The number of nitrogens with zero attached hydrogens (tertiary/aromatic N) is 2. The van der Waals surface area contributed by atoms with Gasteiger partial charge < -0.3 is 10.0 Å². The first-order valence-corrected chi connectivity index (χ1v) is 9.96. The Morgan fingerprint density at radius 3 is 2.47 bits per heavy atom. The smallest absolute Gasteiger partial charge is 0.339 e. The number of aliphatic hydroxyl groups is 1. The Labute approximate surface area is 174 Å². The molecule has 4 rings (SSSR count). The summed E-state index contributed by atoms with van der Waals surface area (Å²) in [7, 11) is 0. The van der Waals surface area contributed by atoms with Crippen LogP contribution in [0.2, 0.25) is 0 Å². The molecule has 1 aliphatic heterocycles. The van der Waals surface area contributed by atoms with Crippen LogP contribution in [-0.4, -0.2) is 29.1 Å². The number of hydrogen-bond acceptors (Lipinski definition) is 4. The van der Waals surface area contributed by atoms with Crippen molar-refractivity contribution in [3.8, 4) is 0 Å². The van der Waals surface area contributed by atoms with E-state index in [1.54, 1.807) is 17.0 Å². The van der Waals surface area contributed by atoms with Gasteiger partial charge in [0.15, 0.2) is 11.3 Å². The Morgan fingerprint density at radius 1 is 1.27 bits per heavy atom. The summed E-state index contributed by atoms with van der Waals surface area (Å²) >= 11 is 0. The van der Waals surface area contributed by atoms with Crippen LogP contribution in [0.3, 0.4) is 0 Å². The van der Waals surface area contributed by atoms with Gasteiger partial charge in [-0.25, -0.2) is 14.5 Å². The van der Waals surface area contributed by atoms with Crippen molar-refractivity contribution in [1.82, 2.24) is 0 Å². The van der Waals surface area contributed by atoms with E-state index >= 15 is 0 Å². The lowest BCUT2D eigenvalue weighted by atomic mass is 9.90. The van der Waals surface area contributed by atoms with Gasteiger partial charge in [-0.05, 0) is 36.6 Å². The number of amides is 2. The van der Waals surface area contributed by atoms with Crippen LogP contribution in [0.15, 0.2) is 30.3 Å². The lowest BCUT2D eigenvalue weighted by Crippen LogP contribution is -2.55. The van der Waals surface area contributed by atoms with Crippen molar-refractivity contribution in [2.24, 2.45) is 0 Å². The van der Waals surface area contributed by atoms with Gasteiger partial charge in [0.2, 0.25) is 5.91 Å². The first-order chi connectivity index (χ1) is 14.0. The van der Waals surface area contributed by atoms with Gasteiger partial charge in [0.1, 0.15) is 5.82 Å². The Hall–Kier alpha value is -3.00. The van der Waals surface area contributed by atoms with Crippen LogP contribution in [0, 0.1) is 5.82 Å². The molecule has 0 radical (unpaired) electrons. The highest BCUT2D eigenvalue weighted by atomic mass is 19.1. The van der Waals surface area contributed by atoms with E-state index in [2.05, 4.69) is 5.32 Å². The minimum Gasteiger partial charge on any atom is -0.378 e. The van der Waals surface area contributed by atoms with Crippen molar-refractivity contribution in [3.05, 3.63) is 53.0 Å². The largest absolute Gasteiger partial charge is 0.378 e. The minimum absolute atomic E-state index is 0.0985. The number of aromatic nitrogens is 1. The molecule has 0 atom stereocenters. The monoisotopic (exact) mass is 413 g/mol. The number of nitrogen functional groups attached to an aromatic ring is 1. The summed E-state index contributed by atoms with van der Waals surface area (Å²) in [5.74, 6) is 5.91. The molecule has 4 N–H and O–H groups in total. The van der Waals surface area contributed by atoms with Gasteiger partial charge >= 0.3 is 11.7 Å². The van der Waals surface area contributed by atoms with E-state index in [4.69, 9.17) is 5.84 Å². The number of nitrogens with one attached hydrogen (secondary N) is 1. The predicted molar refractivity (Wildman–Crippen MR) is 110 cm³/mol. The number of fused-ring (bicyclic) bond motifs is 1. The average Bonchev–Trinajstić information content (AvgIpc) is 3.35. The average molecular weight is 413 g/mol. The standard InChI is InChI=1S/C22H25FN4O3/c1-13(28)26-12-21(2,3)18-17(26)11-15(10-14-4-6-16(23)7-5-14)19(27(18)24)25-20(29)22(30)8-9-22/h4-7,11,30H,8-10,12,24H2,1-3H3/p+1. The molecule has 158 valence electrons. The van der Waals surface area contributed by atoms with Crippen LogP contribution < -0.4 is 20.7 Å². The van der Waals surface area contributed by atoms with Crippen molar-refractivity contribution in [2.45, 2.75) is 51.0 Å². The second-order valence-electron chi connectivity index (χ2n) is 8.90. The molecule has 2 heterocycles. The first kappa shape index (κ1) is 20.3. The van der Waals surface area contributed by atoms with Crippen molar-refractivity contribution < 1.29 is 23.8 Å². The summed E-state index contributed by atoms with van der Waals surface area (Å²) in [6, 6.07) is 7.92. The molecule has 2 amide bonds. The lowest BCUT2D eigenvalue weighted by Gasteiger charge is -2.19. The molecular weight excluding hydrogens is 387 g/mol. The molecule has 0 unspecified atom stereocenters.